The van der Waals surface area contributed by atoms with E-state index in [9.17, 15) is 9.59 Å². The summed E-state index contributed by atoms with van der Waals surface area (Å²) < 4.78 is 0. The van der Waals surface area contributed by atoms with Crippen LogP contribution in [0.25, 0.3) is 0 Å². The molecule has 126 valence electrons. The zero-order valence-electron chi connectivity index (χ0n) is 14.1. The number of amides is 2. The number of aromatic nitrogens is 2. The Hall–Kier alpha value is -2.76. The lowest BCUT2D eigenvalue weighted by Crippen LogP contribution is -2.34. The number of carbonyl (C=O) groups is 2. The zero-order valence-corrected chi connectivity index (χ0v) is 14.1. The normalized spacial score (nSPS) is 11.8. The second-order valence-corrected chi connectivity index (χ2v) is 6.00. The van der Waals surface area contributed by atoms with Crippen LogP contribution in [0.15, 0.2) is 42.9 Å². The van der Waals surface area contributed by atoms with Gasteiger partial charge >= 0.3 is 0 Å². The Morgan fingerprint density at radius 2 is 1.83 bits per heavy atom. The summed E-state index contributed by atoms with van der Waals surface area (Å²) in [5.41, 5.74) is 1.87. The highest BCUT2D eigenvalue weighted by molar-refractivity contribution is 5.94. The van der Waals surface area contributed by atoms with Gasteiger partial charge in [0.2, 0.25) is 0 Å². The van der Waals surface area contributed by atoms with Gasteiger partial charge in [0.1, 0.15) is 5.69 Å². The van der Waals surface area contributed by atoms with Crippen LogP contribution in [0.3, 0.4) is 0 Å². The van der Waals surface area contributed by atoms with Gasteiger partial charge < -0.3 is 10.6 Å². The fourth-order valence-corrected chi connectivity index (χ4v) is 2.22. The van der Waals surface area contributed by atoms with E-state index < -0.39 is 0 Å². The molecule has 24 heavy (non-hydrogen) atoms. The highest BCUT2D eigenvalue weighted by atomic mass is 16.2. The molecule has 1 atom stereocenters. The second kappa shape index (κ2) is 8.19. The summed E-state index contributed by atoms with van der Waals surface area (Å²) in [6, 6.07) is 7.01. The predicted molar refractivity (Wildman–Crippen MR) is 91.7 cm³/mol. The van der Waals surface area contributed by atoms with Gasteiger partial charge in [-0.1, -0.05) is 6.07 Å². The van der Waals surface area contributed by atoms with Crippen molar-refractivity contribution in [1.82, 2.24) is 20.6 Å². The predicted octanol–water partition coefficient (Wildman–Crippen LogP) is 1.98. The molecule has 0 saturated heterocycles. The van der Waals surface area contributed by atoms with Crippen LogP contribution >= 0.6 is 0 Å². The first-order chi connectivity index (χ1) is 11.5. The van der Waals surface area contributed by atoms with Gasteiger partial charge in [0.05, 0.1) is 5.56 Å². The second-order valence-electron chi connectivity index (χ2n) is 6.00. The minimum absolute atomic E-state index is 0.0603. The quantitative estimate of drug-likeness (QED) is 0.850. The third kappa shape index (κ3) is 5.15. The van der Waals surface area contributed by atoms with Gasteiger partial charge in [-0.25, -0.2) is 0 Å². The van der Waals surface area contributed by atoms with E-state index >= 15 is 0 Å². The summed E-state index contributed by atoms with van der Waals surface area (Å²) in [4.78, 5) is 32.0. The highest BCUT2D eigenvalue weighted by Crippen LogP contribution is 2.05. The largest absolute Gasteiger partial charge is 0.349 e. The Labute approximate surface area is 141 Å². The fourth-order valence-electron chi connectivity index (χ4n) is 2.22. The number of nitrogens with zero attached hydrogens (tertiary/aromatic N) is 2. The van der Waals surface area contributed by atoms with Gasteiger partial charge in [-0.05, 0) is 51.0 Å². The first-order valence-electron chi connectivity index (χ1n) is 7.92. The maximum atomic E-state index is 12.1. The van der Waals surface area contributed by atoms with Crippen molar-refractivity contribution in [2.45, 2.75) is 39.3 Å². The SMILES string of the molecule is CC(C)NC(=O)c1ccc(CC(C)NC(=O)c2cccnc2)cn1. The van der Waals surface area contributed by atoms with Crippen molar-refractivity contribution in [2.24, 2.45) is 0 Å². The van der Waals surface area contributed by atoms with Crippen LogP contribution in [0.2, 0.25) is 0 Å². The third-order valence-corrected chi connectivity index (χ3v) is 3.32. The van der Waals surface area contributed by atoms with E-state index in [1.165, 1.54) is 6.20 Å². The monoisotopic (exact) mass is 326 g/mol. The molecule has 0 aliphatic rings. The smallest absolute Gasteiger partial charge is 0.270 e. The molecule has 2 amide bonds. The molecule has 0 radical (unpaired) electrons. The van der Waals surface area contributed by atoms with Gasteiger partial charge in [-0.3, -0.25) is 19.6 Å². The lowest BCUT2D eigenvalue weighted by atomic mass is 10.1. The molecule has 2 rings (SSSR count). The van der Waals surface area contributed by atoms with Gasteiger partial charge in [-0.2, -0.15) is 0 Å². The Balaban J connectivity index is 1.91. The molecule has 0 fully saturated rings. The molecule has 6 heteroatoms. The van der Waals surface area contributed by atoms with Crippen LogP contribution < -0.4 is 10.6 Å². The fraction of sp³-hybridized carbons (Fsp3) is 0.333. The van der Waals surface area contributed by atoms with Crippen molar-refractivity contribution in [3.63, 3.8) is 0 Å². The van der Waals surface area contributed by atoms with Crippen molar-refractivity contribution in [1.29, 1.82) is 0 Å². The third-order valence-electron chi connectivity index (χ3n) is 3.32. The Morgan fingerprint density at radius 3 is 2.42 bits per heavy atom. The molecule has 2 heterocycles. The average Bonchev–Trinajstić information content (AvgIpc) is 2.55. The van der Waals surface area contributed by atoms with Gasteiger partial charge in [0.15, 0.2) is 0 Å². The lowest BCUT2D eigenvalue weighted by Gasteiger charge is -2.14. The highest BCUT2D eigenvalue weighted by Gasteiger charge is 2.12. The molecule has 0 aliphatic heterocycles. The molecule has 1 unspecified atom stereocenters. The van der Waals surface area contributed by atoms with E-state index in [2.05, 4.69) is 20.6 Å². The molecule has 6 nitrogen and oxygen atoms in total. The zero-order chi connectivity index (χ0) is 17.5. The summed E-state index contributed by atoms with van der Waals surface area (Å²) in [5, 5.41) is 5.72. The van der Waals surface area contributed by atoms with Crippen LogP contribution in [0.1, 0.15) is 47.2 Å². The molecular weight excluding hydrogens is 304 g/mol. The Morgan fingerprint density at radius 1 is 1.04 bits per heavy atom. The van der Waals surface area contributed by atoms with E-state index in [1.807, 2.05) is 26.8 Å². The van der Waals surface area contributed by atoms with E-state index in [-0.39, 0.29) is 23.9 Å². The maximum absolute atomic E-state index is 12.1. The van der Waals surface area contributed by atoms with Crippen molar-refractivity contribution in [3.05, 3.63) is 59.7 Å². The topological polar surface area (TPSA) is 84.0 Å². The van der Waals surface area contributed by atoms with E-state index in [0.29, 0.717) is 17.7 Å². The Bertz CT molecular complexity index is 684. The Kier molecular flexibility index (Phi) is 6.01. The van der Waals surface area contributed by atoms with Crippen molar-refractivity contribution in [2.75, 3.05) is 0 Å². The molecule has 2 aromatic heterocycles. The summed E-state index contributed by atoms with van der Waals surface area (Å²) in [5.74, 6) is -0.342. The molecule has 2 N–H and O–H groups in total. The summed E-state index contributed by atoms with van der Waals surface area (Å²) in [7, 11) is 0. The molecule has 0 saturated carbocycles. The number of pyridine rings is 2. The van der Waals surface area contributed by atoms with Crippen LogP contribution in [0.5, 0.6) is 0 Å². The first-order valence-corrected chi connectivity index (χ1v) is 7.92. The molecular formula is C18H22N4O2. The summed E-state index contributed by atoms with van der Waals surface area (Å²) in [6.45, 7) is 5.73. The van der Waals surface area contributed by atoms with Crippen molar-refractivity contribution < 1.29 is 9.59 Å². The van der Waals surface area contributed by atoms with Gasteiger partial charge in [-0.15, -0.1) is 0 Å². The number of hydrogen-bond donors (Lipinski definition) is 2. The van der Waals surface area contributed by atoms with Crippen molar-refractivity contribution in [3.8, 4) is 0 Å². The molecule has 0 aromatic carbocycles. The van der Waals surface area contributed by atoms with Gasteiger partial charge in [0, 0.05) is 30.7 Å². The molecule has 2 aromatic rings. The number of hydrogen-bond acceptors (Lipinski definition) is 4. The maximum Gasteiger partial charge on any atom is 0.270 e. The number of rotatable bonds is 6. The standard InChI is InChI=1S/C18H22N4O2/c1-12(2)21-18(24)16-7-6-14(10-20-16)9-13(3)22-17(23)15-5-4-8-19-11-15/h4-8,10-13H,9H2,1-3H3,(H,21,24)(H,22,23). The molecule has 0 bridgehead atoms. The number of carbonyl (C=O) groups excluding carboxylic acids is 2. The minimum Gasteiger partial charge on any atom is -0.349 e. The summed E-state index contributed by atoms with van der Waals surface area (Å²) in [6.07, 6.45) is 5.46. The van der Waals surface area contributed by atoms with Crippen LogP contribution in [-0.4, -0.2) is 33.9 Å². The van der Waals surface area contributed by atoms with E-state index in [1.54, 1.807) is 30.6 Å². The average molecular weight is 326 g/mol. The van der Waals surface area contributed by atoms with Crippen molar-refractivity contribution >= 4 is 11.8 Å². The lowest BCUT2D eigenvalue weighted by molar-refractivity contribution is 0.0931. The number of nitrogens with one attached hydrogen (secondary N) is 2. The first kappa shape index (κ1) is 17.6. The summed E-state index contributed by atoms with van der Waals surface area (Å²) >= 11 is 0. The molecule has 0 spiro atoms. The van der Waals surface area contributed by atoms with Crippen LogP contribution in [0.4, 0.5) is 0 Å². The van der Waals surface area contributed by atoms with E-state index in [4.69, 9.17) is 0 Å². The van der Waals surface area contributed by atoms with Gasteiger partial charge in [0.25, 0.3) is 11.8 Å². The van der Waals surface area contributed by atoms with E-state index in [0.717, 1.165) is 5.56 Å². The molecule has 0 aliphatic carbocycles. The minimum atomic E-state index is -0.186. The van der Waals surface area contributed by atoms with Crippen LogP contribution in [0, 0.1) is 0 Å². The van der Waals surface area contributed by atoms with Crippen LogP contribution in [-0.2, 0) is 6.42 Å².